The maximum atomic E-state index is 5.84. The van der Waals surface area contributed by atoms with Crippen LogP contribution in [0.2, 0.25) is 0 Å². The van der Waals surface area contributed by atoms with Gasteiger partial charge in [0, 0.05) is 17.9 Å². The Bertz CT molecular complexity index is 440. The average Bonchev–Trinajstić information content (AvgIpc) is 2.73. The normalized spacial score (nSPS) is 20.4. The van der Waals surface area contributed by atoms with Crippen LogP contribution in [-0.4, -0.2) is 16.4 Å². The Morgan fingerprint density at radius 3 is 2.94 bits per heavy atom. The van der Waals surface area contributed by atoms with E-state index >= 15 is 0 Å². The molecule has 1 saturated heterocycles. The molecule has 0 bridgehead atoms. The molecule has 1 atom stereocenters. The number of allylic oxidation sites excluding steroid dienone is 2. The Hall–Kier alpha value is -1.35. The van der Waals surface area contributed by atoms with Crippen LogP contribution in [-0.2, 0) is 11.2 Å². The van der Waals surface area contributed by atoms with E-state index in [2.05, 4.69) is 36.3 Å². The summed E-state index contributed by atoms with van der Waals surface area (Å²) < 4.78 is 7.92. The molecule has 1 aliphatic rings. The summed E-state index contributed by atoms with van der Waals surface area (Å²) in [7, 11) is 0. The van der Waals surface area contributed by atoms with Gasteiger partial charge in [0.25, 0.3) is 0 Å². The first-order valence-electron chi connectivity index (χ1n) is 6.76. The highest BCUT2D eigenvalue weighted by Crippen LogP contribution is 2.27. The van der Waals surface area contributed by atoms with Crippen LogP contribution >= 0.6 is 0 Å². The van der Waals surface area contributed by atoms with Gasteiger partial charge < -0.3 is 4.74 Å². The zero-order valence-electron chi connectivity index (χ0n) is 11.4. The van der Waals surface area contributed by atoms with Crippen molar-refractivity contribution in [3.8, 4) is 0 Å². The van der Waals surface area contributed by atoms with E-state index in [0.29, 0.717) is 0 Å². The molecule has 0 amide bonds. The molecule has 18 heavy (non-hydrogen) atoms. The van der Waals surface area contributed by atoms with Crippen LogP contribution in [0.15, 0.2) is 18.7 Å². The first-order chi connectivity index (χ1) is 8.77. The Morgan fingerprint density at radius 1 is 1.50 bits per heavy atom. The van der Waals surface area contributed by atoms with Gasteiger partial charge in [-0.3, -0.25) is 0 Å². The molecule has 0 spiro atoms. The Labute approximate surface area is 109 Å². The Balaban J connectivity index is 2.35. The lowest BCUT2D eigenvalue weighted by Crippen LogP contribution is -2.21. The second-order valence-corrected chi connectivity index (χ2v) is 4.66. The average molecular weight is 246 g/mol. The third-order valence-electron chi connectivity index (χ3n) is 3.40. The first-order valence-corrected chi connectivity index (χ1v) is 6.76. The second kappa shape index (κ2) is 6.01. The molecule has 0 N–H and O–H groups in total. The van der Waals surface area contributed by atoms with Crippen LogP contribution < -0.4 is 0 Å². The fraction of sp³-hybridized carbons (Fsp3) is 0.533. The van der Waals surface area contributed by atoms with Crippen molar-refractivity contribution in [2.45, 2.75) is 45.8 Å². The Kier molecular flexibility index (Phi) is 4.37. The molecule has 0 radical (unpaired) electrons. The highest BCUT2D eigenvalue weighted by atomic mass is 16.5. The van der Waals surface area contributed by atoms with Crippen molar-refractivity contribution in [1.29, 1.82) is 0 Å². The molecule has 1 fully saturated rings. The van der Waals surface area contributed by atoms with Gasteiger partial charge in [0.15, 0.2) is 0 Å². The molecule has 1 aromatic heterocycles. The summed E-state index contributed by atoms with van der Waals surface area (Å²) in [5, 5.41) is 4.66. The van der Waals surface area contributed by atoms with E-state index in [-0.39, 0.29) is 6.23 Å². The molecule has 3 nitrogen and oxygen atoms in total. The van der Waals surface area contributed by atoms with Crippen molar-refractivity contribution in [2.75, 3.05) is 6.61 Å². The van der Waals surface area contributed by atoms with Crippen LogP contribution in [0.3, 0.4) is 0 Å². The largest absolute Gasteiger partial charge is 0.357 e. The van der Waals surface area contributed by atoms with E-state index in [1.165, 1.54) is 24.1 Å². The summed E-state index contributed by atoms with van der Waals surface area (Å²) in [6.45, 7) is 8.80. The van der Waals surface area contributed by atoms with Gasteiger partial charge in [0.2, 0.25) is 0 Å². The number of hydrogen-bond donors (Lipinski definition) is 0. The van der Waals surface area contributed by atoms with E-state index in [1.54, 1.807) is 6.08 Å². The van der Waals surface area contributed by atoms with Gasteiger partial charge in [0.1, 0.15) is 6.23 Å². The summed E-state index contributed by atoms with van der Waals surface area (Å²) in [6, 6.07) is 0. The van der Waals surface area contributed by atoms with Gasteiger partial charge in [-0.25, -0.2) is 4.68 Å². The third kappa shape index (κ3) is 2.56. The summed E-state index contributed by atoms with van der Waals surface area (Å²) in [4.78, 5) is 0. The van der Waals surface area contributed by atoms with Gasteiger partial charge in [-0.15, -0.1) is 0 Å². The van der Waals surface area contributed by atoms with Crippen LogP contribution in [0.4, 0.5) is 0 Å². The predicted octanol–water partition coefficient (Wildman–Crippen LogP) is 3.65. The van der Waals surface area contributed by atoms with E-state index in [9.17, 15) is 0 Å². The smallest absolute Gasteiger partial charge is 0.150 e. The molecule has 1 aromatic rings. The first kappa shape index (κ1) is 13.1. The van der Waals surface area contributed by atoms with Crippen LogP contribution in [0, 0.1) is 6.92 Å². The quantitative estimate of drug-likeness (QED) is 0.758. The maximum Gasteiger partial charge on any atom is 0.150 e. The van der Waals surface area contributed by atoms with Crippen molar-refractivity contribution in [3.05, 3.63) is 35.7 Å². The van der Waals surface area contributed by atoms with E-state index in [4.69, 9.17) is 4.74 Å². The Morgan fingerprint density at radius 2 is 2.33 bits per heavy atom. The van der Waals surface area contributed by atoms with Crippen molar-refractivity contribution in [2.24, 2.45) is 0 Å². The summed E-state index contributed by atoms with van der Waals surface area (Å²) in [5.41, 5.74) is 3.54. The maximum absolute atomic E-state index is 5.84. The highest BCUT2D eigenvalue weighted by molar-refractivity contribution is 5.56. The molecule has 2 heterocycles. The minimum absolute atomic E-state index is 0.123. The standard InChI is InChI=1S/C15H22N2O/c1-4-6-9-13-12(3)16-17(14(13)5-2)15-10-7-8-11-18-15/h4,6,9,15H,1,5,7-8,10-11H2,2-3H3/b9-6-. The predicted molar refractivity (Wildman–Crippen MR) is 74.4 cm³/mol. The van der Waals surface area contributed by atoms with Crippen molar-refractivity contribution >= 4 is 6.08 Å². The molecule has 0 aliphatic carbocycles. The van der Waals surface area contributed by atoms with Gasteiger partial charge in [-0.1, -0.05) is 31.7 Å². The molecular formula is C15H22N2O. The van der Waals surface area contributed by atoms with Crippen molar-refractivity contribution in [3.63, 3.8) is 0 Å². The lowest BCUT2D eigenvalue weighted by molar-refractivity contribution is -0.0411. The lowest BCUT2D eigenvalue weighted by Gasteiger charge is -2.24. The number of nitrogens with zero attached hydrogens (tertiary/aromatic N) is 2. The van der Waals surface area contributed by atoms with Crippen LogP contribution in [0.25, 0.3) is 6.08 Å². The van der Waals surface area contributed by atoms with Gasteiger partial charge >= 0.3 is 0 Å². The minimum atomic E-state index is 0.123. The number of hydrogen-bond acceptors (Lipinski definition) is 2. The van der Waals surface area contributed by atoms with E-state index in [0.717, 1.165) is 25.1 Å². The van der Waals surface area contributed by atoms with Crippen molar-refractivity contribution < 1.29 is 4.74 Å². The third-order valence-corrected chi connectivity index (χ3v) is 3.40. The molecule has 3 heteroatoms. The van der Waals surface area contributed by atoms with E-state index < -0.39 is 0 Å². The van der Waals surface area contributed by atoms with Gasteiger partial charge in [0.05, 0.1) is 5.69 Å². The topological polar surface area (TPSA) is 27.1 Å². The van der Waals surface area contributed by atoms with Gasteiger partial charge in [-0.05, 0) is 32.6 Å². The summed E-state index contributed by atoms with van der Waals surface area (Å²) in [5.74, 6) is 0. The fourth-order valence-corrected chi connectivity index (χ4v) is 2.50. The fourth-order valence-electron chi connectivity index (χ4n) is 2.50. The molecule has 0 saturated carbocycles. The monoisotopic (exact) mass is 246 g/mol. The molecular weight excluding hydrogens is 224 g/mol. The second-order valence-electron chi connectivity index (χ2n) is 4.66. The number of aromatic nitrogens is 2. The molecule has 0 aromatic carbocycles. The summed E-state index contributed by atoms with van der Waals surface area (Å²) >= 11 is 0. The lowest BCUT2D eigenvalue weighted by atomic mass is 10.1. The molecule has 98 valence electrons. The number of ether oxygens (including phenoxy) is 1. The van der Waals surface area contributed by atoms with Crippen molar-refractivity contribution in [1.82, 2.24) is 9.78 Å². The number of aryl methyl sites for hydroxylation is 1. The minimum Gasteiger partial charge on any atom is -0.357 e. The zero-order chi connectivity index (χ0) is 13.0. The van der Waals surface area contributed by atoms with Gasteiger partial charge in [-0.2, -0.15) is 5.10 Å². The zero-order valence-corrected chi connectivity index (χ0v) is 11.4. The highest BCUT2D eigenvalue weighted by Gasteiger charge is 2.21. The van der Waals surface area contributed by atoms with Crippen LogP contribution in [0.1, 0.15) is 49.4 Å². The molecule has 1 unspecified atom stereocenters. The van der Waals surface area contributed by atoms with Crippen LogP contribution in [0.5, 0.6) is 0 Å². The summed E-state index contributed by atoms with van der Waals surface area (Å²) in [6.07, 6.45) is 10.4. The SMILES string of the molecule is C=C/C=C\c1c(C)nn(C2CCCCO2)c1CC. The molecule has 2 rings (SSSR count). The number of rotatable bonds is 4. The van der Waals surface area contributed by atoms with E-state index in [1.807, 2.05) is 6.08 Å². The molecule has 1 aliphatic heterocycles.